The first-order valence-corrected chi connectivity index (χ1v) is 4.05. The molecule has 0 bridgehead atoms. The van der Waals surface area contributed by atoms with E-state index in [0.717, 1.165) is 0 Å². The molecule has 0 aliphatic heterocycles. The van der Waals surface area contributed by atoms with E-state index in [1.54, 1.807) is 0 Å². The molecule has 0 aliphatic rings. The SMILES string of the molecule is COc1nc(N)nc2[nH]c(C(=O)O)cc12. The fourth-order valence-electron chi connectivity index (χ4n) is 1.27. The standard InChI is InChI=1S/C8H8N4O3/c1-15-6-3-2-4(7(13)14)10-5(3)11-8(9)12-6/h2H,1H3,(H,13,14)(H3,9,10,11,12). The van der Waals surface area contributed by atoms with Gasteiger partial charge in [-0.3, -0.25) is 0 Å². The molecule has 2 aromatic rings. The minimum absolute atomic E-state index is 0.0169. The summed E-state index contributed by atoms with van der Waals surface area (Å²) in [5.74, 6) is -0.798. The lowest BCUT2D eigenvalue weighted by Gasteiger charge is -1.99. The second kappa shape index (κ2) is 3.12. The minimum atomic E-state index is -1.08. The number of aromatic nitrogens is 3. The molecule has 2 heterocycles. The van der Waals surface area contributed by atoms with Crippen molar-refractivity contribution >= 4 is 23.0 Å². The first-order chi connectivity index (χ1) is 7.11. The van der Waals surface area contributed by atoms with Crippen LogP contribution in [-0.2, 0) is 0 Å². The van der Waals surface area contributed by atoms with Crippen LogP contribution >= 0.6 is 0 Å². The van der Waals surface area contributed by atoms with Gasteiger partial charge in [-0.25, -0.2) is 4.79 Å². The van der Waals surface area contributed by atoms with Gasteiger partial charge in [-0.05, 0) is 6.07 Å². The Kier molecular flexibility index (Phi) is 1.93. The third kappa shape index (κ3) is 1.43. The molecule has 0 radical (unpaired) electrons. The van der Waals surface area contributed by atoms with Gasteiger partial charge in [0.05, 0.1) is 12.5 Å². The lowest BCUT2D eigenvalue weighted by Crippen LogP contribution is -1.98. The Labute approximate surface area is 83.9 Å². The molecule has 0 aromatic carbocycles. The lowest BCUT2D eigenvalue weighted by molar-refractivity contribution is 0.0691. The summed E-state index contributed by atoms with van der Waals surface area (Å²) in [6.07, 6.45) is 0. The average molecular weight is 208 g/mol. The zero-order chi connectivity index (χ0) is 11.0. The molecule has 15 heavy (non-hydrogen) atoms. The summed E-state index contributed by atoms with van der Waals surface area (Å²) in [5, 5.41) is 9.26. The van der Waals surface area contributed by atoms with Crippen molar-refractivity contribution in [2.45, 2.75) is 0 Å². The molecule has 0 spiro atoms. The van der Waals surface area contributed by atoms with E-state index in [2.05, 4.69) is 15.0 Å². The van der Waals surface area contributed by atoms with Crippen LogP contribution in [0.2, 0.25) is 0 Å². The van der Waals surface area contributed by atoms with Crippen LogP contribution in [0.1, 0.15) is 10.5 Å². The Morgan fingerprint density at radius 2 is 2.33 bits per heavy atom. The Morgan fingerprint density at radius 1 is 1.60 bits per heavy atom. The van der Waals surface area contributed by atoms with Gasteiger partial charge in [-0.1, -0.05) is 0 Å². The number of nitrogens with two attached hydrogens (primary N) is 1. The van der Waals surface area contributed by atoms with Gasteiger partial charge in [0.25, 0.3) is 0 Å². The van der Waals surface area contributed by atoms with Gasteiger partial charge >= 0.3 is 5.97 Å². The van der Waals surface area contributed by atoms with Crippen LogP contribution in [0, 0.1) is 0 Å². The van der Waals surface area contributed by atoms with E-state index in [4.69, 9.17) is 15.6 Å². The Bertz CT molecular complexity index is 534. The number of aromatic amines is 1. The number of anilines is 1. The number of nitrogens with zero attached hydrogens (tertiary/aromatic N) is 2. The predicted molar refractivity (Wildman–Crippen MR) is 51.8 cm³/mol. The summed E-state index contributed by atoms with van der Waals surface area (Å²) < 4.78 is 4.96. The maximum Gasteiger partial charge on any atom is 0.352 e. The number of ether oxygens (including phenoxy) is 1. The quantitative estimate of drug-likeness (QED) is 0.651. The number of hydrogen-bond donors (Lipinski definition) is 3. The molecule has 0 amide bonds. The minimum Gasteiger partial charge on any atom is -0.480 e. The molecule has 7 nitrogen and oxygen atoms in total. The normalized spacial score (nSPS) is 10.5. The van der Waals surface area contributed by atoms with Crippen LogP contribution in [0.15, 0.2) is 6.07 Å². The van der Waals surface area contributed by atoms with E-state index in [9.17, 15) is 4.79 Å². The number of nitrogens with one attached hydrogen (secondary N) is 1. The highest BCUT2D eigenvalue weighted by Crippen LogP contribution is 2.23. The second-order valence-electron chi connectivity index (χ2n) is 2.84. The van der Waals surface area contributed by atoms with Crippen LogP contribution in [0.5, 0.6) is 5.88 Å². The van der Waals surface area contributed by atoms with Crippen molar-refractivity contribution in [3.63, 3.8) is 0 Å². The van der Waals surface area contributed by atoms with Crippen molar-refractivity contribution in [3.05, 3.63) is 11.8 Å². The van der Waals surface area contributed by atoms with Gasteiger partial charge in [0.2, 0.25) is 11.8 Å². The average Bonchev–Trinajstić information content (AvgIpc) is 2.59. The molecule has 4 N–H and O–H groups in total. The first-order valence-electron chi connectivity index (χ1n) is 4.05. The molecule has 2 rings (SSSR count). The number of hydrogen-bond acceptors (Lipinski definition) is 5. The van der Waals surface area contributed by atoms with Crippen molar-refractivity contribution in [2.24, 2.45) is 0 Å². The smallest absolute Gasteiger partial charge is 0.352 e. The molecule has 0 aliphatic carbocycles. The van der Waals surface area contributed by atoms with Crippen LogP contribution in [-0.4, -0.2) is 33.1 Å². The summed E-state index contributed by atoms with van der Waals surface area (Å²) in [5.41, 5.74) is 5.78. The molecular weight excluding hydrogens is 200 g/mol. The highest BCUT2D eigenvalue weighted by Gasteiger charge is 2.13. The molecule has 0 fully saturated rings. The van der Waals surface area contributed by atoms with E-state index in [1.165, 1.54) is 13.2 Å². The molecule has 0 atom stereocenters. The van der Waals surface area contributed by atoms with Gasteiger partial charge in [-0.15, -0.1) is 0 Å². The van der Waals surface area contributed by atoms with Crippen molar-refractivity contribution < 1.29 is 14.6 Å². The van der Waals surface area contributed by atoms with Gasteiger partial charge in [0.1, 0.15) is 11.3 Å². The van der Waals surface area contributed by atoms with Crippen molar-refractivity contribution in [1.29, 1.82) is 0 Å². The van der Waals surface area contributed by atoms with Crippen molar-refractivity contribution in [1.82, 2.24) is 15.0 Å². The summed E-state index contributed by atoms with van der Waals surface area (Å²) in [6.45, 7) is 0. The molecule has 0 saturated heterocycles. The van der Waals surface area contributed by atoms with E-state index in [0.29, 0.717) is 11.0 Å². The largest absolute Gasteiger partial charge is 0.480 e. The zero-order valence-electron chi connectivity index (χ0n) is 7.81. The van der Waals surface area contributed by atoms with Crippen LogP contribution in [0.3, 0.4) is 0 Å². The number of methoxy groups -OCH3 is 1. The maximum absolute atomic E-state index is 10.7. The second-order valence-corrected chi connectivity index (χ2v) is 2.84. The number of nitrogen functional groups attached to an aromatic ring is 1. The van der Waals surface area contributed by atoms with E-state index in [-0.39, 0.29) is 17.5 Å². The monoisotopic (exact) mass is 208 g/mol. The lowest BCUT2D eigenvalue weighted by atomic mass is 10.3. The van der Waals surface area contributed by atoms with Gasteiger partial charge in [-0.2, -0.15) is 9.97 Å². The number of carboxylic acids is 1. The third-order valence-electron chi connectivity index (χ3n) is 1.89. The Hall–Kier alpha value is -2.31. The molecule has 2 aromatic heterocycles. The third-order valence-corrected chi connectivity index (χ3v) is 1.89. The molecule has 78 valence electrons. The van der Waals surface area contributed by atoms with Crippen LogP contribution in [0.4, 0.5) is 5.95 Å². The van der Waals surface area contributed by atoms with Crippen molar-refractivity contribution in [3.8, 4) is 5.88 Å². The number of rotatable bonds is 2. The fraction of sp³-hybridized carbons (Fsp3) is 0.125. The summed E-state index contributed by atoms with van der Waals surface area (Å²) in [4.78, 5) is 21.0. The highest BCUT2D eigenvalue weighted by molar-refractivity contribution is 5.94. The Balaban J connectivity index is 2.74. The molecule has 0 saturated carbocycles. The summed E-state index contributed by atoms with van der Waals surface area (Å²) >= 11 is 0. The Morgan fingerprint density at radius 3 is 2.93 bits per heavy atom. The van der Waals surface area contributed by atoms with Gasteiger partial charge < -0.3 is 20.6 Å². The summed E-state index contributed by atoms with van der Waals surface area (Å²) in [6, 6.07) is 1.40. The van der Waals surface area contributed by atoms with Crippen LogP contribution < -0.4 is 10.5 Å². The highest BCUT2D eigenvalue weighted by atomic mass is 16.5. The summed E-state index contributed by atoms with van der Waals surface area (Å²) in [7, 11) is 1.43. The number of carboxylic acid groups (broad SMARTS) is 1. The number of carbonyl (C=O) groups is 1. The molecule has 0 unspecified atom stereocenters. The number of fused-ring (bicyclic) bond motifs is 1. The maximum atomic E-state index is 10.7. The number of H-pyrrole nitrogens is 1. The van der Waals surface area contributed by atoms with Gasteiger partial charge in [0, 0.05) is 0 Å². The molecular formula is C8H8N4O3. The molecule has 7 heteroatoms. The predicted octanol–water partition coefficient (Wildman–Crippen LogP) is 0.247. The topological polar surface area (TPSA) is 114 Å². The van der Waals surface area contributed by atoms with E-state index in [1.807, 2.05) is 0 Å². The van der Waals surface area contributed by atoms with E-state index < -0.39 is 5.97 Å². The van der Waals surface area contributed by atoms with Gasteiger partial charge in [0.15, 0.2) is 0 Å². The van der Waals surface area contributed by atoms with Crippen LogP contribution in [0.25, 0.3) is 11.0 Å². The zero-order valence-corrected chi connectivity index (χ0v) is 7.81. The van der Waals surface area contributed by atoms with Crippen molar-refractivity contribution in [2.75, 3.05) is 12.8 Å². The fourth-order valence-corrected chi connectivity index (χ4v) is 1.27. The number of aromatic carboxylic acids is 1. The first kappa shape index (κ1) is 9.25. The van der Waals surface area contributed by atoms with E-state index >= 15 is 0 Å².